The predicted molar refractivity (Wildman–Crippen MR) is 116 cm³/mol. The monoisotopic (exact) mass is 413 g/mol. The van der Waals surface area contributed by atoms with Crippen LogP contribution in [0.1, 0.15) is 70.4 Å². The molecule has 2 heterocycles. The summed E-state index contributed by atoms with van der Waals surface area (Å²) < 4.78 is 12.8. The lowest BCUT2D eigenvalue weighted by Gasteiger charge is -2.23. The van der Waals surface area contributed by atoms with Gasteiger partial charge >= 0.3 is 0 Å². The number of ketones is 1. The van der Waals surface area contributed by atoms with Crippen molar-refractivity contribution in [3.05, 3.63) is 35.5 Å². The summed E-state index contributed by atoms with van der Waals surface area (Å²) in [6.07, 6.45) is 0.203. The Hall–Kier alpha value is -2.83. The highest BCUT2D eigenvalue weighted by Gasteiger charge is 2.26. The molecule has 1 N–H and O–H groups in total. The smallest absolute Gasteiger partial charge is 0.225 e. The maximum absolute atomic E-state index is 12.6. The van der Waals surface area contributed by atoms with Crippen molar-refractivity contribution in [2.45, 2.75) is 65.3 Å². The zero-order valence-electron chi connectivity index (χ0n) is 18.7. The van der Waals surface area contributed by atoms with Crippen molar-refractivity contribution >= 4 is 17.5 Å². The molecule has 0 saturated carbocycles. The van der Waals surface area contributed by atoms with Gasteiger partial charge in [0.25, 0.3) is 0 Å². The van der Waals surface area contributed by atoms with Gasteiger partial charge in [-0.25, -0.2) is 4.68 Å². The van der Waals surface area contributed by atoms with E-state index in [9.17, 15) is 9.59 Å². The molecule has 1 aromatic heterocycles. The number of amides is 1. The number of fused-ring (bicyclic) bond motifs is 1. The fourth-order valence-corrected chi connectivity index (χ4v) is 3.14. The van der Waals surface area contributed by atoms with Crippen LogP contribution in [0.3, 0.4) is 0 Å². The number of rotatable bonds is 5. The van der Waals surface area contributed by atoms with Gasteiger partial charge in [0.2, 0.25) is 5.91 Å². The highest BCUT2D eigenvalue weighted by Crippen LogP contribution is 2.31. The maximum Gasteiger partial charge on any atom is 0.225 e. The summed E-state index contributed by atoms with van der Waals surface area (Å²) in [7, 11) is 0. The Kier molecular flexibility index (Phi) is 5.92. The van der Waals surface area contributed by atoms with Crippen molar-refractivity contribution in [3.63, 3.8) is 0 Å². The third-order valence-electron chi connectivity index (χ3n) is 4.82. The number of carbonyl (C=O) groups is 2. The van der Waals surface area contributed by atoms with Gasteiger partial charge in [-0.1, -0.05) is 20.8 Å². The van der Waals surface area contributed by atoms with E-state index in [0.29, 0.717) is 36.1 Å². The van der Waals surface area contributed by atoms with Gasteiger partial charge < -0.3 is 14.8 Å². The number of nitrogens with one attached hydrogen (secondary N) is 1. The van der Waals surface area contributed by atoms with E-state index in [1.54, 1.807) is 18.2 Å². The molecule has 162 valence electrons. The number of nitrogens with zero attached hydrogens (tertiary/aromatic N) is 2. The second-order valence-corrected chi connectivity index (χ2v) is 9.58. The molecule has 1 amide bonds. The third kappa shape index (κ3) is 5.01. The lowest BCUT2D eigenvalue weighted by molar-refractivity contribution is -0.116. The predicted octanol–water partition coefficient (Wildman–Crippen LogP) is 4.31. The van der Waals surface area contributed by atoms with E-state index in [-0.39, 0.29) is 35.5 Å². The third-order valence-corrected chi connectivity index (χ3v) is 4.82. The summed E-state index contributed by atoms with van der Waals surface area (Å²) in [6.45, 7) is 13.3. The highest BCUT2D eigenvalue weighted by atomic mass is 16.6. The normalized spacial score (nSPS) is 13.8. The van der Waals surface area contributed by atoms with Crippen LogP contribution < -0.4 is 14.8 Å². The summed E-state index contributed by atoms with van der Waals surface area (Å²) in [4.78, 5) is 25.1. The van der Waals surface area contributed by atoms with Crippen molar-refractivity contribution in [2.75, 3.05) is 18.5 Å². The van der Waals surface area contributed by atoms with Crippen LogP contribution in [0.15, 0.2) is 24.3 Å². The van der Waals surface area contributed by atoms with E-state index in [1.165, 1.54) is 0 Å². The van der Waals surface area contributed by atoms with Crippen molar-refractivity contribution in [1.82, 2.24) is 9.78 Å². The molecule has 2 aromatic rings. The molecular formula is C23H31N3O4. The number of aromatic nitrogens is 2. The van der Waals surface area contributed by atoms with E-state index in [0.717, 1.165) is 5.69 Å². The average molecular weight is 414 g/mol. The van der Waals surface area contributed by atoms with Crippen LogP contribution in [-0.2, 0) is 15.7 Å². The zero-order valence-corrected chi connectivity index (χ0v) is 18.7. The molecular weight excluding hydrogens is 382 g/mol. The number of benzene rings is 1. The number of anilines is 1. The number of hydrogen-bond donors (Lipinski definition) is 1. The zero-order chi connectivity index (χ0) is 22.1. The fraction of sp³-hybridized carbons (Fsp3) is 0.522. The second-order valence-electron chi connectivity index (χ2n) is 9.58. The lowest BCUT2D eigenvalue weighted by atomic mass is 9.92. The summed E-state index contributed by atoms with van der Waals surface area (Å²) in [5, 5.41) is 7.63. The minimum atomic E-state index is -0.285. The Bertz CT molecular complexity index is 948. The highest BCUT2D eigenvalue weighted by molar-refractivity contribution is 6.00. The molecule has 0 bridgehead atoms. The van der Waals surface area contributed by atoms with Crippen LogP contribution >= 0.6 is 0 Å². The molecule has 0 unspecified atom stereocenters. The topological polar surface area (TPSA) is 82.5 Å². The first kappa shape index (κ1) is 21.9. The van der Waals surface area contributed by atoms with Crippen molar-refractivity contribution in [1.29, 1.82) is 0 Å². The van der Waals surface area contributed by atoms with E-state index in [2.05, 4.69) is 26.1 Å². The minimum absolute atomic E-state index is 0.0907. The van der Waals surface area contributed by atoms with Crippen LogP contribution in [0.4, 0.5) is 5.82 Å². The Morgan fingerprint density at radius 3 is 2.30 bits per heavy atom. The van der Waals surface area contributed by atoms with Gasteiger partial charge in [0.1, 0.15) is 19.0 Å². The number of carbonyl (C=O) groups excluding carboxylic acids is 2. The molecule has 0 fully saturated rings. The van der Waals surface area contributed by atoms with Crippen LogP contribution in [0, 0.1) is 0 Å². The first-order valence-corrected chi connectivity index (χ1v) is 10.3. The van der Waals surface area contributed by atoms with Gasteiger partial charge in [-0.15, -0.1) is 0 Å². The number of hydrogen-bond acceptors (Lipinski definition) is 5. The van der Waals surface area contributed by atoms with Crippen LogP contribution in [0.2, 0.25) is 0 Å². The van der Waals surface area contributed by atoms with Crippen LogP contribution in [0.5, 0.6) is 11.5 Å². The standard InChI is InChI=1S/C23H31N3O4/c1-22(2,3)19-14-20(26(25-19)23(4,5)6)24-21(28)10-8-16(27)15-7-9-17-18(13-15)30-12-11-29-17/h7,9,13-14H,8,10-12H2,1-6H3,(H,24,28). The van der Waals surface area contributed by atoms with Crippen molar-refractivity contribution in [3.8, 4) is 11.5 Å². The Balaban J connectivity index is 1.66. The fourth-order valence-electron chi connectivity index (χ4n) is 3.14. The Morgan fingerprint density at radius 2 is 1.67 bits per heavy atom. The largest absolute Gasteiger partial charge is 0.486 e. The summed E-state index contributed by atoms with van der Waals surface area (Å²) in [6, 6.07) is 7.03. The van der Waals surface area contributed by atoms with Gasteiger partial charge in [0.15, 0.2) is 17.3 Å². The number of Topliss-reactive ketones (excluding diaryl/α,β-unsaturated/α-hetero) is 1. The van der Waals surface area contributed by atoms with Gasteiger partial charge in [0, 0.05) is 29.9 Å². The van der Waals surface area contributed by atoms with Crippen molar-refractivity contribution in [2.24, 2.45) is 0 Å². The Labute approximate surface area is 177 Å². The molecule has 0 spiro atoms. The maximum atomic E-state index is 12.6. The average Bonchev–Trinajstić information content (AvgIpc) is 3.10. The molecule has 7 heteroatoms. The van der Waals surface area contributed by atoms with E-state index in [1.807, 2.05) is 31.5 Å². The van der Waals surface area contributed by atoms with Crippen LogP contribution in [0.25, 0.3) is 0 Å². The van der Waals surface area contributed by atoms with Crippen LogP contribution in [-0.4, -0.2) is 34.7 Å². The quantitative estimate of drug-likeness (QED) is 0.739. The van der Waals surface area contributed by atoms with Gasteiger partial charge in [0.05, 0.1) is 11.2 Å². The van der Waals surface area contributed by atoms with E-state index < -0.39 is 0 Å². The SMILES string of the molecule is CC(C)(C)c1cc(NC(=O)CCC(=O)c2ccc3c(c2)OCCO3)n(C(C)(C)C)n1. The summed E-state index contributed by atoms with van der Waals surface area (Å²) in [5.41, 5.74) is 0.999. The van der Waals surface area contributed by atoms with E-state index in [4.69, 9.17) is 14.6 Å². The molecule has 0 aliphatic carbocycles. The van der Waals surface area contributed by atoms with Gasteiger partial charge in [-0.05, 0) is 39.0 Å². The molecule has 0 radical (unpaired) electrons. The lowest BCUT2D eigenvalue weighted by Crippen LogP contribution is -2.27. The molecule has 0 saturated heterocycles. The number of ether oxygens (including phenoxy) is 2. The molecule has 1 aliphatic rings. The Morgan fingerprint density at radius 1 is 1.00 bits per heavy atom. The first-order chi connectivity index (χ1) is 13.9. The molecule has 7 nitrogen and oxygen atoms in total. The van der Waals surface area contributed by atoms with Gasteiger partial charge in [-0.2, -0.15) is 5.10 Å². The minimum Gasteiger partial charge on any atom is -0.486 e. The van der Waals surface area contributed by atoms with E-state index >= 15 is 0 Å². The second kappa shape index (κ2) is 8.13. The van der Waals surface area contributed by atoms with Gasteiger partial charge in [-0.3, -0.25) is 9.59 Å². The molecule has 1 aromatic carbocycles. The van der Waals surface area contributed by atoms with Crippen molar-refractivity contribution < 1.29 is 19.1 Å². The molecule has 30 heavy (non-hydrogen) atoms. The molecule has 1 aliphatic heterocycles. The summed E-state index contributed by atoms with van der Waals surface area (Å²) in [5.74, 6) is 1.53. The molecule has 0 atom stereocenters. The first-order valence-electron chi connectivity index (χ1n) is 10.3. The molecule has 3 rings (SSSR count). The summed E-state index contributed by atoms with van der Waals surface area (Å²) >= 11 is 0.